The normalized spacial score (nSPS) is 11.7. The quantitative estimate of drug-likeness (QED) is 0.351. The van der Waals surface area contributed by atoms with Crippen molar-refractivity contribution in [3.05, 3.63) is 111 Å². The summed E-state index contributed by atoms with van der Waals surface area (Å²) >= 11 is 0.907. The van der Waals surface area contributed by atoms with Crippen molar-refractivity contribution in [2.24, 2.45) is 0 Å². The van der Waals surface area contributed by atoms with Crippen molar-refractivity contribution in [2.45, 2.75) is 12.6 Å². The molecule has 1 aromatic heterocycles. The molecule has 0 aliphatic heterocycles. The molecule has 168 valence electrons. The van der Waals surface area contributed by atoms with Crippen LogP contribution in [0.1, 0.15) is 22.5 Å². The third kappa shape index (κ3) is 6.20. The maximum Gasteiger partial charge on any atom is 0.416 e. The number of aromatic nitrogens is 2. The highest BCUT2D eigenvalue weighted by atomic mass is 32.1. The van der Waals surface area contributed by atoms with Gasteiger partial charge in [-0.3, -0.25) is 9.78 Å². The molecule has 0 saturated carbocycles. The Morgan fingerprint density at radius 1 is 0.970 bits per heavy atom. The van der Waals surface area contributed by atoms with Crippen molar-refractivity contribution in [1.29, 1.82) is 0 Å². The van der Waals surface area contributed by atoms with Crippen LogP contribution in [0.5, 0.6) is 5.75 Å². The number of hydrogen-bond acceptors (Lipinski definition) is 4. The first-order valence-corrected chi connectivity index (χ1v) is 10.8. The second kappa shape index (κ2) is 9.87. The molecule has 0 unspecified atom stereocenters. The summed E-state index contributed by atoms with van der Waals surface area (Å²) in [5.41, 5.74) is 3.01. The van der Waals surface area contributed by atoms with Crippen molar-refractivity contribution in [1.82, 2.24) is 9.36 Å². The molecule has 0 saturated heterocycles. The number of benzene rings is 3. The van der Waals surface area contributed by atoms with Crippen molar-refractivity contribution in [3.63, 3.8) is 0 Å². The molecular weight excluding hydrogens is 449 g/mol. The molecule has 8 heteroatoms. The van der Waals surface area contributed by atoms with Crippen LogP contribution in [-0.2, 0) is 12.6 Å². The molecule has 4 rings (SSSR count). The molecule has 0 aliphatic carbocycles. The maximum atomic E-state index is 12.6. The fourth-order valence-corrected chi connectivity index (χ4v) is 3.73. The summed E-state index contributed by atoms with van der Waals surface area (Å²) < 4.78 is 47.8. The lowest BCUT2D eigenvalue weighted by Gasteiger charge is -2.08. The van der Waals surface area contributed by atoms with Gasteiger partial charge in [-0.15, -0.1) is 0 Å². The number of ether oxygens (including phenoxy) is 1. The summed E-state index contributed by atoms with van der Waals surface area (Å²) in [4.78, 5) is 13.8. The monoisotopic (exact) mass is 468 g/mol. The van der Waals surface area contributed by atoms with E-state index in [9.17, 15) is 18.0 Å². The molecule has 0 fully saturated rings. The van der Waals surface area contributed by atoms with Crippen LogP contribution in [0.4, 0.5) is 13.2 Å². The van der Waals surface area contributed by atoms with Crippen LogP contribution in [0.3, 0.4) is 0 Å². The van der Waals surface area contributed by atoms with Gasteiger partial charge in [-0.2, -0.15) is 17.5 Å². The summed E-state index contributed by atoms with van der Waals surface area (Å²) in [6.45, 7) is 0.279. The predicted molar refractivity (Wildman–Crippen MR) is 123 cm³/mol. The van der Waals surface area contributed by atoms with E-state index in [2.05, 4.69) is 9.36 Å². The van der Waals surface area contributed by atoms with E-state index in [1.54, 1.807) is 12.2 Å². The van der Waals surface area contributed by atoms with Crippen molar-refractivity contribution >= 4 is 17.6 Å². The average Bonchev–Trinajstić information content (AvgIpc) is 3.21. The number of nitrogens with zero attached hydrogens (tertiary/aromatic N) is 1. The van der Waals surface area contributed by atoms with Gasteiger partial charge in [-0.05, 0) is 52.6 Å². The Morgan fingerprint density at radius 2 is 1.70 bits per heavy atom. The van der Waals surface area contributed by atoms with E-state index in [-0.39, 0.29) is 11.5 Å². The standard InChI is InChI=1S/C25H19F3N2O2S/c26-25(27,28)21-11-9-17(10-12-21)5-3-13-32-22-8-2-7-20(16-22)19-6-1-4-18(14-19)15-23-29-24(31)33-30-23/h1-12,14,16H,13,15H2,(H,29,30,31)/b5-3+. The van der Waals surface area contributed by atoms with Crippen LogP contribution in [0.25, 0.3) is 17.2 Å². The molecule has 0 bridgehead atoms. The van der Waals surface area contributed by atoms with Gasteiger partial charge in [-0.25, -0.2) is 0 Å². The first kappa shape index (κ1) is 22.5. The molecule has 0 amide bonds. The van der Waals surface area contributed by atoms with E-state index in [0.717, 1.165) is 40.4 Å². The van der Waals surface area contributed by atoms with Crippen LogP contribution >= 0.6 is 11.5 Å². The zero-order chi connectivity index (χ0) is 23.3. The Labute approximate surface area is 192 Å². The Kier molecular flexibility index (Phi) is 6.74. The number of rotatable bonds is 7. The number of H-pyrrole nitrogens is 1. The summed E-state index contributed by atoms with van der Waals surface area (Å²) in [6, 6.07) is 20.6. The Balaban J connectivity index is 1.38. The zero-order valence-electron chi connectivity index (χ0n) is 17.3. The van der Waals surface area contributed by atoms with E-state index >= 15 is 0 Å². The van der Waals surface area contributed by atoms with Crippen molar-refractivity contribution in [2.75, 3.05) is 6.61 Å². The summed E-state index contributed by atoms with van der Waals surface area (Å²) in [6.07, 6.45) is -0.326. The Morgan fingerprint density at radius 3 is 2.39 bits per heavy atom. The first-order valence-electron chi connectivity index (χ1n) is 10.1. The Bertz CT molecular complexity index is 1310. The third-order valence-corrected chi connectivity index (χ3v) is 5.43. The summed E-state index contributed by atoms with van der Waals surface area (Å²) in [5, 5.41) is 0. The number of alkyl halides is 3. The van der Waals surface area contributed by atoms with Gasteiger partial charge >= 0.3 is 11.0 Å². The molecule has 1 heterocycles. The van der Waals surface area contributed by atoms with E-state index in [4.69, 9.17) is 4.74 Å². The highest BCUT2D eigenvalue weighted by Crippen LogP contribution is 2.29. The molecule has 3 aromatic carbocycles. The fourth-order valence-electron chi connectivity index (χ4n) is 3.27. The van der Waals surface area contributed by atoms with Gasteiger partial charge in [0.15, 0.2) is 0 Å². The summed E-state index contributed by atoms with van der Waals surface area (Å²) in [7, 11) is 0. The predicted octanol–water partition coefficient (Wildman–Crippen LogP) is 6.20. The molecule has 0 atom stereocenters. The number of aromatic amines is 1. The van der Waals surface area contributed by atoms with E-state index in [0.29, 0.717) is 23.6 Å². The van der Waals surface area contributed by atoms with E-state index < -0.39 is 11.7 Å². The molecule has 1 N–H and O–H groups in total. The largest absolute Gasteiger partial charge is 0.490 e. The van der Waals surface area contributed by atoms with Crippen LogP contribution in [0.15, 0.2) is 83.7 Å². The lowest BCUT2D eigenvalue weighted by atomic mass is 10.0. The highest BCUT2D eigenvalue weighted by Gasteiger charge is 2.29. The Hall–Kier alpha value is -3.65. The molecule has 4 nitrogen and oxygen atoms in total. The third-order valence-electron chi connectivity index (χ3n) is 4.85. The average molecular weight is 469 g/mol. The molecular formula is C25H19F3N2O2S. The van der Waals surface area contributed by atoms with Crippen LogP contribution in [0.2, 0.25) is 0 Å². The second-order valence-electron chi connectivity index (χ2n) is 7.28. The van der Waals surface area contributed by atoms with Gasteiger partial charge in [-0.1, -0.05) is 54.6 Å². The minimum Gasteiger partial charge on any atom is -0.490 e. The smallest absolute Gasteiger partial charge is 0.416 e. The van der Waals surface area contributed by atoms with Crippen LogP contribution < -0.4 is 9.61 Å². The highest BCUT2D eigenvalue weighted by molar-refractivity contribution is 7.02. The van der Waals surface area contributed by atoms with Crippen molar-refractivity contribution in [3.8, 4) is 16.9 Å². The number of hydrogen-bond donors (Lipinski definition) is 1. The second-order valence-corrected chi connectivity index (χ2v) is 8.02. The first-order chi connectivity index (χ1) is 15.9. The lowest BCUT2D eigenvalue weighted by Crippen LogP contribution is -2.03. The van der Waals surface area contributed by atoms with Crippen LogP contribution in [-0.4, -0.2) is 16.0 Å². The maximum absolute atomic E-state index is 12.6. The molecule has 0 radical (unpaired) electrons. The van der Waals surface area contributed by atoms with Gasteiger partial charge in [0.2, 0.25) is 0 Å². The number of halogens is 3. The lowest BCUT2D eigenvalue weighted by molar-refractivity contribution is -0.137. The van der Waals surface area contributed by atoms with Gasteiger partial charge in [0.25, 0.3) is 0 Å². The van der Waals surface area contributed by atoms with Gasteiger partial charge < -0.3 is 4.74 Å². The minimum atomic E-state index is -4.34. The molecule has 4 aromatic rings. The van der Waals surface area contributed by atoms with E-state index in [1.165, 1.54) is 12.1 Å². The molecule has 0 spiro atoms. The summed E-state index contributed by atoms with van der Waals surface area (Å²) in [5.74, 6) is 1.32. The van der Waals surface area contributed by atoms with Crippen molar-refractivity contribution < 1.29 is 17.9 Å². The topological polar surface area (TPSA) is 55.0 Å². The van der Waals surface area contributed by atoms with Gasteiger partial charge in [0.05, 0.1) is 5.56 Å². The minimum absolute atomic E-state index is 0.168. The molecule has 0 aliphatic rings. The van der Waals surface area contributed by atoms with E-state index in [1.807, 2.05) is 48.5 Å². The van der Waals surface area contributed by atoms with Gasteiger partial charge in [0.1, 0.15) is 18.2 Å². The molecule has 33 heavy (non-hydrogen) atoms. The van der Waals surface area contributed by atoms with Crippen LogP contribution in [0, 0.1) is 0 Å². The fraction of sp³-hybridized carbons (Fsp3) is 0.120. The zero-order valence-corrected chi connectivity index (χ0v) is 18.1. The SMILES string of the molecule is O=c1[nH]c(Cc2cccc(-c3cccc(OC/C=C/c4ccc(C(F)(F)F)cc4)c3)c2)ns1. The number of nitrogens with one attached hydrogen (secondary N) is 1. The van der Waals surface area contributed by atoms with Gasteiger partial charge in [0, 0.05) is 18.0 Å².